The maximum Gasteiger partial charge on any atom is 0.250 e. The number of benzene rings is 1. The van der Waals surface area contributed by atoms with Crippen molar-refractivity contribution in [2.45, 2.75) is 6.42 Å². The molecule has 0 saturated heterocycles. The molecule has 0 aliphatic heterocycles. The fourth-order valence-corrected chi connectivity index (χ4v) is 3.24. The van der Waals surface area contributed by atoms with Crippen molar-refractivity contribution in [2.24, 2.45) is 12.8 Å². The number of aryl methyl sites for hydroxylation is 1. The minimum Gasteiger partial charge on any atom is -0.481 e. The van der Waals surface area contributed by atoms with Gasteiger partial charge < -0.3 is 20.5 Å². The largest absolute Gasteiger partial charge is 0.481 e. The van der Waals surface area contributed by atoms with Gasteiger partial charge in [-0.25, -0.2) is 4.98 Å². The number of hydrogen-bond donors (Lipinski definition) is 2. The molecule has 0 fully saturated rings. The number of carbonyl (C=O) groups excluding carboxylic acids is 2. The van der Waals surface area contributed by atoms with Gasteiger partial charge in [0.15, 0.2) is 0 Å². The lowest BCUT2D eigenvalue weighted by atomic mass is 10.1. The van der Waals surface area contributed by atoms with E-state index in [1.807, 2.05) is 13.2 Å². The molecule has 0 bridgehead atoms. The molecule has 3 heterocycles. The van der Waals surface area contributed by atoms with E-state index < -0.39 is 5.91 Å². The Hall–Kier alpha value is -4.73. The van der Waals surface area contributed by atoms with Gasteiger partial charge in [-0.3, -0.25) is 19.3 Å². The average molecular weight is 458 g/mol. The summed E-state index contributed by atoms with van der Waals surface area (Å²) in [4.78, 5) is 33.0. The normalized spacial score (nSPS) is 10.5. The molecule has 4 aromatic rings. The van der Waals surface area contributed by atoms with Gasteiger partial charge in [0.05, 0.1) is 36.7 Å². The van der Waals surface area contributed by atoms with Crippen LogP contribution in [0.5, 0.6) is 17.4 Å². The number of ether oxygens (including phenoxy) is 2. The fourth-order valence-electron chi connectivity index (χ4n) is 3.24. The molecule has 0 aliphatic carbocycles. The quantitative estimate of drug-likeness (QED) is 0.414. The first-order chi connectivity index (χ1) is 16.4. The highest BCUT2D eigenvalue weighted by atomic mass is 16.5. The third-order valence-corrected chi connectivity index (χ3v) is 4.87. The van der Waals surface area contributed by atoms with Crippen LogP contribution in [0.25, 0.3) is 11.3 Å². The minimum absolute atomic E-state index is 0.0710. The van der Waals surface area contributed by atoms with Gasteiger partial charge >= 0.3 is 0 Å². The Kier molecular flexibility index (Phi) is 6.49. The summed E-state index contributed by atoms with van der Waals surface area (Å²) in [7, 11) is 3.34. The molecular formula is C24H22N6O4. The summed E-state index contributed by atoms with van der Waals surface area (Å²) < 4.78 is 12.6. The number of pyridine rings is 2. The minimum atomic E-state index is -0.697. The van der Waals surface area contributed by atoms with Gasteiger partial charge in [-0.05, 0) is 29.8 Å². The maximum atomic E-state index is 12.5. The molecule has 0 saturated carbocycles. The summed E-state index contributed by atoms with van der Waals surface area (Å²) in [6.07, 6.45) is 6.79. The molecule has 10 heteroatoms. The van der Waals surface area contributed by atoms with Crippen molar-refractivity contribution in [2.75, 3.05) is 12.4 Å². The number of hydrogen-bond acceptors (Lipinski definition) is 7. The Morgan fingerprint density at radius 1 is 1.06 bits per heavy atom. The molecule has 0 atom stereocenters. The van der Waals surface area contributed by atoms with Gasteiger partial charge in [0.1, 0.15) is 11.5 Å². The third kappa shape index (κ3) is 5.36. The maximum absolute atomic E-state index is 12.5. The lowest BCUT2D eigenvalue weighted by molar-refractivity contribution is -0.115. The zero-order valence-electron chi connectivity index (χ0n) is 18.6. The number of nitrogens with one attached hydrogen (secondary N) is 1. The van der Waals surface area contributed by atoms with Crippen LogP contribution in [-0.2, 0) is 18.3 Å². The smallest absolute Gasteiger partial charge is 0.250 e. The van der Waals surface area contributed by atoms with E-state index in [0.29, 0.717) is 28.6 Å². The molecule has 3 N–H and O–H groups in total. The second-order valence-electron chi connectivity index (χ2n) is 7.39. The van der Waals surface area contributed by atoms with E-state index in [2.05, 4.69) is 20.4 Å². The second kappa shape index (κ2) is 9.82. The zero-order valence-corrected chi connectivity index (χ0v) is 18.6. The Labute approximate surface area is 195 Å². The molecule has 3 aromatic heterocycles. The summed E-state index contributed by atoms with van der Waals surface area (Å²) in [6.45, 7) is 0. The Balaban J connectivity index is 1.49. The van der Waals surface area contributed by atoms with Crippen LogP contribution in [0.4, 0.5) is 5.69 Å². The Bertz CT molecular complexity index is 1330. The van der Waals surface area contributed by atoms with Crippen LogP contribution in [0.1, 0.15) is 15.9 Å². The van der Waals surface area contributed by atoms with Gasteiger partial charge in [-0.15, -0.1) is 0 Å². The van der Waals surface area contributed by atoms with Crippen LogP contribution in [0.3, 0.4) is 0 Å². The number of nitrogens with zero attached hydrogens (tertiary/aromatic N) is 4. The van der Waals surface area contributed by atoms with Crippen molar-refractivity contribution in [1.29, 1.82) is 0 Å². The van der Waals surface area contributed by atoms with Crippen LogP contribution in [-0.4, -0.2) is 38.7 Å². The average Bonchev–Trinajstić information content (AvgIpc) is 3.27. The summed E-state index contributed by atoms with van der Waals surface area (Å²) >= 11 is 0. The Morgan fingerprint density at radius 2 is 1.88 bits per heavy atom. The summed E-state index contributed by atoms with van der Waals surface area (Å²) in [5.74, 6) is 0.344. The first-order valence-electron chi connectivity index (χ1n) is 10.3. The Morgan fingerprint density at radius 3 is 2.56 bits per heavy atom. The van der Waals surface area contributed by atoms with Gasteiger partial charge in [0.25, 0.3) is 5.91 Å². The second-order valence-corrected chi connectivity index (χ2v) is 7.39. The van der Waals surface area contributed by atoms with Gasteiger partial charge in [0.2, 0.25) is 11.8 Å². The van der Waals surface area contributed by atoms with Crippen molar-refractivity contribution in [3.8, 4) is 28.6 Å². The van der Waals surface area contributed by atoms with E-state index in [1.165, 1.54) is 13.2 Å². The van der Waals surface area contributed by atoms with E-state index in [0.717, 1.165) is 5.56 Å². The van der Waals surface area contributed by atoms with Crippen molar-refractivity contribution >= 4 is 17.5 Å². The van der Waals surface area contributed by atoms with E-state index in [1.54, 1.807) is 59.7 Å². The molecule has 0 radical (unpaired) electrons. The lowest BCUT2D eigenvalue weighted by Crippen LogP contribution is -2.19. The topological polar surface area (TPSA) is 134 Å². The van der Waals surface area contributed by atoms with Gasteiger partial charge in [-0.1, -0.05) is 6.07 Å². The molecule has 4 rings (SSSR count). The summed E-state index contributed by atoms with van der Waals surface area (Å²) in [5.41, 5.74) is 8.20. The predicted octanol–water partition coefficient (Wildman–Crippen LogP) is 2.96. The third-order valence-electron chi connectivity index (χ3n) is 4.87. The van der Waals surface area contributed by atoms with Crippen molar-refractivity contribution in [3.05, 3.63) is 78.4 Å². The molecule has 2 amide bonds. The molecule has 10 nitrogen and oxygen atoms in total. The van der Waals surface area contributed by atoms with E-state index in [4.69, 9.17) is 15.2 Å². The molecule has 0 spiro atoms. The molecule has 172 valence electrons. The lowest BCUT2D eigenvalue weighted by Gasteiger charge is -2.12. The highest BCUT2D eigenvalue weighted by molar-refractivity contribution is 6.03. The van der Waals surface area contributed by atoms with E-state index in [9.17, 15) is 9.59 Å². The van der Waals surface area contributed by atoms with Crippen molar-refractivity contribution in [3.63, 3.8) is 0 Å². The summed E-state index contributed by atoms with van der Waals surface area (Å²) in [6, 6.07) is 11.6. The highest BCUT2D eigenvalue weighted by Gasteiger charge is 2.14. The van der Waals surface area contributed by atoms with Crippen LogP contribution < -0.4 is 20.5 Å². The standard InChI is InChI=1S/C24H22N6O4/c1-30-14-16(13-28-30)21-11-18(7-8-26-21)34-17-4-5-20(19(10-17)24(25)32)29-22(31)9-15-3-6-23(33-2)27-12-15/h3-8,10-14H,9H2,1-2H3,(H2,25,32)(H,29,31). The number of methoxy groups -OCH3 is 1. The van der Waals surface area contributed by atoms with Crippen LogP contribution in [0.15, 0.2) is 67.3 Å². The number of rotatable bonds is 8. The number of amides is 2. The number of primary amides is 1. The SMILES string of the molecule is COc1ccc(CC(=O)Nc2ccc(Oc3ccnc(-c4cnn(C)c4)c3)cc2C(N)=O)cn1. The van der Waals surface area contributed by atoms with E-state index in [-0.39, 0.29) is 23.6 Å². The number of nitrogens with two attached hydrogens (primary N) is 1. The first-order valence-corrected chi connectivity index (χ1v) is 10.3. The highest BCUT2D eigenvalue weighted by Crippen LogP contribution is 2.28. The number of anilines is 1. The number of aromatic nitrogens is 4. The zero-order chi connectivity index (χ0) is 24.1. The molecule has 0 aliphatic rings. The van der Waals surface area contributed by atoms with Crippen LogP contribution in [0.2, 0.25) is 0 Å². The van der Waals surface area contributed by atoms with Gasteiger partial charge in [0, 0.05) is 43.3 Å². The predicted molar refractivity (Wildman–Crippen MR) is 125 cm³/mol. The molecule has 0 unspecified atom stereocenters. The first kappa shape index (κ1) is 22.5. The van der Waals surface area contributed by atoms with Crippen LogP contribution >= 0.6 is 0 Å². The van der Waals surface area contributed by atoms with Crippen LogP contribution in [0, 0.1) is 0 Å². The molecule has 1 aromatic carbocycles. The summed E-state index contributed by atoms with van der Waals surface area (Å²) in [5, 5.41) is 6.87. The number of carbonyl (C=O) groups is 2. The van der Waals surface area contributed by atoms with Crippen molar-refractivity contribution < 1.29 is 19.1 Å². The van der Waals surface area contributed by atoms with E-state index >= 15 is 0 Å². The van der Waals surface area contributed by atoms with Crippen molar-refractivity contribution in [1.82, 2.24) is 19.7 Å². The molecule has 34 heavy (non-hydrogen) atoms. The van der Waals surface area contributed by atoms with Gasteiger partial charge in [-0.2, -0.15) is 5.10 Å². The molecular weight excluding hydrogens is 436 g/mol. The monoisotopic (exact) mass is 458 g/mol. The fraction of sp³-hybridized carbons (Fsp3) is 0.125.